The second-order valence-corrected chi connectivity index (χ2v) is 15.0. The van der Waals surface area contributed by atoms with Crippen LogP contribution in [0.3, 0.4) is 0 Å². The van der Waals surface area contributed by atoms with E-state index in [4.69, 9.17) is 0 Å². The van der Waals surface area contributed by atoms with Gasteiger partial charge in [0.15, 0.2) is 0 Å². The van der Waals surface area contributed by atoms with Gasteiger partial charge >= 0.3 is 0 Å². The Hall–Kier alpha value is -1.32. The first-order chi connectivity index (χ1) is 9.44. The van der Waals surface area contributed by atoms with Crippen LogP contribution in [0.15, 0.2) is 58.4 Å². The molecule has 20 heavy (non-hydrogen) atoms. The first-order valence-electron chi connectivity index (χ1n) is 6.83. The van der Waals surface area contributed by atoms with Crippen molar-refractivity contribution in [1.29, 1.82) is 0 Å². The van der Waals surface area contributed by atoms with Crippen LogP contribution in [0.5, 0.6) is 0 Å². The van der Waals surface area contributed by atoms with Crippen LogP contribution >= 0.6 is 11.2 Å². The minimum atomic E-state index is -1.11. The van der Waals surface area contributed by atoms with Gasteiger partial charge in [0.05, 0.1) is 5.69 Å². The molecular formula is C17H21NSSi. The number of rotatable bonds is 4. The second-order valence-electron chi connectivity index (χ2n) is 5.83. The summed E-state index contributed by atoms with van der Waals surface area (Å²) >= 11 is 2.02. The molecule has 0 saturated carbocycles. The summed E-state index contributed by atoms with van der Waals surface area (Å²) in [5.41, 5.74) is 3.39. The molecule has 0 saturated heterocycles. The number of hydrogen-bond donors (Lipinski definition) is 0. The normalized spacial score (nSPS) is 12.0. The van der Waals surface area contributed by atoms with E-state index in [2.05, 4.69) is 61.9 Å². The topological polar surface area (TPSA) is 12.4 Å². The van der Waals surface area contributed by atoms with Crippen LogP contribution < -0.4 is 0 Å². The highest BCUT2D eigenvalue weighted by molar-refractivity contribution is 8.28. The molecule has 0 aromatic heterocycles. The minimum Gasteiger partial charge on any atom is -0.256 e. The third kappa shape index (κ3) is 4.65. The van der Waals surface area contributed by atoms with Crippen molar-refractivity contribution in [2.75, 3.05) is 0 Å². The van der Waals surface area contributed by atoms with Crippen LogP contribution in [-0.2, 0) is 0 Å². The fourth-order valence-electron chi connectivity index (χ4n) is 1.83. The highest BCUT2D eigenvalue weighted by Crippen LogP contribution is 2.28. The Morgan fingerprint density at radius 1 is 0.950 bits per heavy atom. The van der Waals surface area contributed by atoms with Crippen LogP contribution in [0.2, 0.25) is 19.6 Å². The molecule has 0 spiro atoms. The van der Waals surface area contributed by atoms with Gasteiger partial charge in [-0.3, -0.25) is 4.99 Å². The molecule has 0 amide bonds. The van der Waals surface area contributed by atoms with Gasteiger partial charge in [0, 0.05) is 11.1 Å². The van der Waals surface area contributed by atoms with Gasteiger partial charge in [-0.15, -0.1) is 0 Å². The largest absolute Gasteiger partial charge is 0.256 e. The summed E-state index contributed by atoms with van der Waals surface area (Å²) in [5.74, 6) is 0. The van der Waals surface area contributed by atoms with E-state index in [1.54, 1.807) is 0 Å². The van der Waals surface area contributed by atoms with Gasteiger partial charge in [-0.05, 0) is 36.2 Å². The summed E-state index contributed by atoms with van der Waals surface area (Å²) in [6, 6.07) is 16.9. The quantitative estimate of drug-likeness (QED) is 0.523. The molecule has 0 aliphatic carbocycles. The summed E-state index contributed by atoms with van der Waals surface area (Å²) < 4.78 is 0. The van der Waals surface area contributed by atoms with E-state index in [1.807, 2.05) is 35.6 Å². The van der Waals surface area contributed by atoms with Crippen molar-refractivity contribution >= 4 is 30.3 Å². The van der Waals surface area contributed by atoms with Crippen LogP contribution in [0.25, 0.3) is 0 Å². The SMILES string of the molecule is Cc1ccccc1/N=C/c1ccc(S[Si](C)(C)C)cc1. The Morgan fingerprint density at radius 2 is 1.60 bits per heavy atom. The van der Waals surface area contributed by atoms with Crippen molar-refractivity contribution in [3.05, 3.63) is 59.7 Å². The lowest BCUT2D eigenvalue weighted by atomic mass is 10.2. The Morgan fingerprint density at radius 3 is 2.20 bits per heavy atom. The van der Waals surface area contributed by atoms with Gasteiger partial charge in [-0.25, -0.2) is 0 Å². The molecule has 1 nitrogen and oxygen atoms in total. The van der Waals surface area contributed by atoms with Gasteiger partial charge in [-0.1, -0.05) is 50.0 Å². The number of hydrogen-bond acceptors (Lipinski definition) is 2. The molecule has 0 heterocycles. The second kappa shape index (κ2) is 6.42. The maximum atomic E-state index is 4.56. The van der Waals surface area contributed by atoms with Gasteiger partial charge in [0.1, 0.15) is 7.22 Å². The fourth-order valence-corrected chi connectivity index (χ4v) is 5.34. The van der Waals surface area contributed by atoms with E-state index >= 15 is 0 Å². The smallest absolute Gasteiger partial charge is 0.114 e. The van der Waals surface area contributed by atoms with E-state index in [0.717, 1.165) is 11.3 Å². The zero-order valence-electron chi connectivity index (χ0n) is 12.6. The molecule has 2 aromatic rings. The summed E-state index contributed by atoms with van der Waals surface area (Å²) in [6.07, 6.45) is 1.94. The number of para-hydroxylation sites is 1. The first-order valence-corrected chi connectivity index (χ1v) is 11.9. The van der Waals surface area contributed by atoms with Crippen LogP contribution in [0.1, 0.15) is 11.1 Å². The molecule has 3 heteroatoms. The summed E-state index contributed by atoms with van der Waals surface area (Å²) in [5, 5.41) is 0. The minimum absolute atomic E-state index is 1.04. The van der Waals surface area contributed by atoms with Crippen molar-refractivity contribution in [1.82, 2.24) is 0 Å². The molecule has 104 valence electrons. The van der Waals surface area contributed by atoms with E-state index < -0.39 is 7.22 Å². The zero-order valence-corrected chi connectivity index (χ0v) is 14.4. The van der Waals surface area contributed by atoms with Crippen molar-refractivity contribution in [2.24, 2.45) is 4.99 Å². The Labute approximate surface area is 126 Å². The van der Waals surface area contributed by atoms with E-state index in [-0.39, 0.29) is 0 Å². The predicted octanol–water partition coefficient (Wildman–Crippen LogP) is 5.67. The zero-order chi connectivity index (χ0) is 14.6. The van der Waals surface area contributed by atoms with E-state index in [9.17, 15) is 0 Å². The van der Waals surface area contributed by atoms with Gasteiger partial charge < -0.3 is 0 Å². The third-order valence-corrected chi connectivity index (χ3v) is 6.44. The molecule has 2 rings (SSSR count). The molecule has 0 atom stereocenters. The Kier molecular flexibility index (Phi) is 4.84. The highest BCUT2D eigenvalue weighted by atomic mass is 32.4. The molecule has 0 aliphatic rings. The average Bonchev–Trinajstić information content (AvgIpc) is 2.38. The number of aryl methyl sites for hydroxylation is 1. The fraction of sp³-hybridized carbons (Fsp3) is 0.235. The van der Waals surface area contributed by atoms with Crippen molar-refractivity contribution in [3.8, 4) is 0 Å². The number of benzene rings is 2. The predicted molar refractivity (Wildman–Crippen MR) is 94.1 cm³/mol. The summed E-state index contributed by atoms with van der Waals surface area (Å²) in [7, 11) is -1.11. The molecular weight excluding hydrogens is 278 g/mol. The highest BCUT2D eigenvalue weighted by Gasteiger charge is 2.14. The molecule has 0 radical (unpaired) electrons. The molecule has 0 bridgehead atoms. The first kappa shape index (κ1) is 15.1. The monoisotopic (exact) mass is 299 g/mol. The summed E-state index contributed by atoms with van der Waals surface area (Å²) in [6.45, 7) is 9.18. The maximum absolute atomic E-state index is 4.56. The lowest BCUT2D eigenvalue weighted by molar-refractivity contribution is 1.40. The van der Waals surface area contributed by atoms with Crippen molar-refractivity contribution in [2.45, 2.75) is 31.5 Å². The Bertz CT molecular complexity index is 597. The van der Waals surface area contributed by atoms with Crippen molar-refractivity contribution < 1.29 is 0 Å². The third-order valence-electron chi connectivity index (χ3n) is 2.77. The maximum Gasteiger partial charge on any atom is 0.114 e. The van der Waals surface area contributed by atoms with Gasteiger partial charge in [0.25, 0.3) is 0 Å². The molecule has 0 unspecified atom stereocenters. The van der Waals surface area contributed by atoms with E-state index in [0.29, 0.717) is 0 Å². The molecule has 0 fully saturated rings. The lowest BCUT2D eigenvalue weighted by Gasteiger charge is -2.14. The average molecular weight is 300 g/mol. The molecule has 2 aromatic carbocycles. The Balaban J connectivity index is 2.10. The van der Waals surface area contributed by atoms with E-state index in [1.165, 1.54) is 10.5 Å². The van der Waals surface area contributed by atoms with Gasteiger partial charge in [0.2, 0.25) is 0 Å². The standard InChI is InChI=1S/C17H21NSSi/c1-14-7-5-6-8-17(14)18-13-15-9-11-16(12-10-15)19-20(2,3)4/h5-13H,1-4H3/b18-13+. The number of aliphatic imine (C=N–C) groups is 1. The van der Waals surface area contributed by atoms with Crippen LogP contribution in [0, 0.1) is 6.92 Å². The van der Waals surface area contributed by atoms with Gasteiger partial charge in [-0.2, -0.15) is 11.2 Å². The molecule has 0 N–H and O–H groups in total. The van der Waals surface area contributed by atoms with Crippen LogP contribution in [0.4, 0.5) is 5.69 Å². The molecule has 0 aliphatic heterocycles. The number of nitrogens with zero attached hydrogens (tertiary/aromatic N) is 1. The summed E-state index contributed by atoms with van der Waals surface area (Å²) in [4.78, 5) is 5.92. The van der Waals surface area contributed by atoms with Crippen LogP contribution in [-0.4, -0.2) is 13.4 Å². The van der Waals surface area contributed by atoms with Crippen molar-refractivity contribution in [3.63, 3.8) is 0 Å². The lowest BCUT2D eigenvalue weighted by Crippen LogP contribution is -2.13.